The Hall–Kier alpha value is -1.06. The fraction of sp³-hybridized carbons (Fsp3) is 0.538. The molecule has 2 rings (SSSR count). The van der Waals surface area contributed by atoms with Crippen LogP contribution in [0.5, 0.6) is 5.75 Å². The first kappa shape index (κ1) is 11.4. The van der Waals surface area contributed by atoms with Gasteiger partial charge in [0.2, 0.25) is 0 Å². The van der Waals surface area contributed by atoms with E-state index in [1.165, 1.54) is 12.8 Å². The van der Waals surface area contributed by atoms with Gasteiger partial charge in [-0.25, -0.2) is 0 Å². The van der Waals surface area contributed by atoms with E-state index in [2.05, 4.69) is 5.32 Å². The predicted octanol–water partition coefficient (Wildman–Crippen LogP) is 1.73. The van der Waals surface area contributed by atoms with E-state index in [9.17, 15) is 5.11 Å². The SMILES string of the molecule is COc1cccc(C(CO)NCC2CC2)c1. The highest BCUT2D eigenvalue weighted by atomic mass is 16.5. The molecule has 0 radical (unpaired) electrons. The quantitative estimate of drug-likeness (QED) is 0.768. The minimum absolute atomic E-state index is 0.0238. The molecule has 1 atom stereocenters. The Balaban J connectivity index is 1.99. The zero-order valence-electron chi connectivity index (χ0n) is 9.65. The second-order valence-corrected chi connectivity index (χ2v) is 4.36. The molecule has 1 aliphatic carbocycles. The average Bonchev–Trinajstić information content (AvgIpc) is 3.14. The number of hydrogen-bond acceptors (Lipinski definition) is 3. The third kappa shape index (κ3) is 2.97. The van der Waals surface area contributed by atoms with E-state index in [4.69, 9.17) is 4.74 Å². The highest BCUT2D eigenvalue weighted by Gasteiger charge is 2.22. The molecule has 1 unspecified atom stereocenters. The minimum atomic E-state index is 0.0238. The van der Waals surface area contributed by atoms with Crippen molar-refractivity contribution in [2.24, 2.45) is 5.92 Å². The molecule has 1 aliphatic rings. The maximum Gasteiger partial charge on any atom is 0.119 e. The van der Waals surface area contributed by atoms with Gasteiger partial charge in [0.05, 0.1) is 19.8 Å². The molecule has 1 saturated carbocycles. The third-order valence-electron chi connectivity index (χ3n) is 3.03. The second kappa shape index (κ2) is 5.32. The summed E-state index contributed by atoms with van der Waals surface area (Å²) in [5.41, 5.74) is 1.09. The summed E-state index contributed by atoms with van der Waals surface area (Å²) in [6.07, 6.45) is 2.65. The van der Waals surface area contributed by atoms with Crippen LogP contribution >= 0.6 is 0 Å². The first-order chi connectivity index (χ1) is 7.83. The number of ether oxygens (including phenoxy) is 1. The highest BCUT2D eigenvalue weighted by molar-refractivity contribution is 5.30. The average molecular weight is 221 g/mol. The molecular formula is C13H19NO2. The molecule has 0 amide bonds. The van der Waals surface area contributed by atoms with E-state index in [1.807, 2.05) is 24.3 Å². The Bertz CT molecular complexity index is 336. The van der Waals surface area contributed by atoms with Crippen LogP contribution in [0.3, 0.4) is 0 Å². The lowest BCUT2D eigenvalue weighted by molar-refractivity contribution is 0.243. The minimum Gasteiger partial charge on any atom is -0.497 e. The van der Waals surface area contributed by atoms with Gasteiger partial charge >= 0.3 is 0 Å². The molecule has 16 heavy (non-hydrogen) atoms. The van der Waals surface area contributed by atoms with Crippen molar-refractivity contribution in [3.63, 3.8) is 0 Å². The normalized spacial score (nSPS) is 17.1. The maximum atomic E-state index is 9.37. The molecule has 1 aromatic carbocycles. The topological polar surface area (TPSA) is 41.5 Å². The summed E-state index contributed by atoms with van der Waals surface area (Å²) in [4.78, 5) is 0. The van der Waals surface area contributed by atoms with E-state index in [0.717, 1.165) is 23.8 Å². The molecule has 0 spiro atoms. The van der Waals surface area contributed by atoms with Gasteiger partial charge in [-0.1, -0.05) is 12.1 Å². The molecule has 0 aromatic heterocycles. The maximum absolute atomic E-state index is 9.37. The van der Waals surface area contributed by atoms with Gasteiger partial charge in [0, 0.05) is 0 Å². The number of aliphatic hydroxyl groups excluding tert-OH is 1. The molecule has 0 bridgehead atoms. The zero-order chi connectivity index (χ0) is 11.4. The van der Waals surface area contributed by atoms with Gasteiger partial charge in [0.25, 0.3) is 0 Å². The molecule has 2 N–H and O–H groups in total. The molecule has 3 nitrogen and oxygen atoms in total. The van der Waals surface area contributed by atoms with Crippen molar-refractivity contribution >= 4 is 0 Å². The van der Waals surface area contributed by atoms with Crippen molar-refractivity contribution in [2.45, 2.75) is 18.9 Å². The van der Waals surface area contributed by atoms with Gasteiger partial charge in [-0.05, 0) is 43.0 Å². The molecule has 0 heterocycles. The fourth-order valence-electron chi connectivity index (χ4n) is 1.78. The molecule has 1 aromatic rings. The summed E-state index contributed by atoms with van der Waals surface area (Å²) < 4.78 is 5.18. The number of benzene rings is 1. The number of aliphatic hydroxyl groups is 1. The van der Waals surface area contributed by atoms with Crippen LogP contribution in [-0.2, 0) is 0 Å². The van der Waals surface area contributed by atoms with Crippen LogP contribution < -0.4 is 10.1 Å². The van der Waals surface area contributed by atoms with Gasteiger partial charge in [0.15, 0.2) is 0 Å². The number of rotatable bonds is 6. The van der Waals surface area contributed by atoms with Gasteiger partial charge in [0.1, 0.15) is 5.75 Å². The van der Waals surface area contributed by atoms with Crippen LogP contribution in [0.2, 0.25) is 0 Å². The van der Waals surface area contributed by atoms with E-state index in [1.54, 1.807) is 7.11 Å². The van der Waals surface area contributed by atoms with Gasteiger partial charge in [-0.15, -0.1) is 0 Å². The predicted molar refractivity (Wildman–Crippen MR) is 63.5 cm³/mol. The number of hydrogen-bond donors (Lipinski definition) is 2. The van der Waals surface area contributed by atoms with Crippen LogP contribution in [-0.4, -0.2) is 25.4 Å². The van der Waals surface area contributed by atoms with Crippen molar-refractivity contribution < 1.29 is 9.84 Å². The van der Waals surface area contributed by atoms with Crippen LogP contribution in [0, 0.1) is 5.92 Å². The van der Waals surface area contributed by atoms with Crippen LogP contribution in [0.4, 0.5) is 0 Å². The first-order valence-electron chi connectivity index (χ1n) is 5.81. The second-order valence-electron chi connectivity index (χ2n) is 4.36. The standard InChI is InChI=1S/C13H19NO2/c1-16-12-4-2-3-11(7-12)13(9-15)14-8-10-5-6-10/h2-4,7,10,13-15H,5-6,8-9H2,1H3. The molecule has 1 fully saturated rings. The van der Waals surface area contributed by atoms with E-state index in [0.29, 0.717) is 0 Å². The Morgan fingerprint density at radius 2 is 2.31 bits per heavy atom. The molecule has 3 heteroatoms. The van der Waals surface area contributed by atoms with Crippen LogP contribution in [0.25, 0.3) is 0 Å². The molecule has 0 aliphatic heterocycles. The van der Waals surface area contributed by atoms with Crippen LogP contribution in [0.15, 0.2) is 24.3 Å². The monoisotopic (exact) mass is 221 g/mol. The molecule has 88 valence electrons. The van der Waals surface area contributed by atoms with Gasteiger partial charge in [-0.3, -0.25) is 0 Å². The summed E-state index contributed by atoms with van der Waals surface area (Å²) in [6.45, 7) is 1.13. The van der Waals surface area contributed by atoms with Crippen molar-refractivity contribution in [1.29, 1.82) is 0 Å². The summed E-state index contributed by atoms with van der Waals surface area (Å²) in [5.74, 6) is 1.66. The van der Waals surface area contributed by atoms with Gasteiger partial charge < -0.3 is 15.2 Å². The summed E-state index contributed by atoms with van der Waals surface area (Å²) >= 11 is 0. The Morgan fingerprint density at radius 3 is 2.94 bits per heavy atom. The van der Waals surface area contributed by atoms with Gasteiger partial charge in [-0.2, -0.15) is 0 Å². The van der Waals surface area contributed by atoms with Crippen molar-refractivity contribution in [1.82, 2.24) is 5.32 Å². The molecule has 0 saturated heterocycles. The largest absolute Gasteiger partial charge is 0.497 e. The lowest BCUT2D eigenvalue weighted by Gasteiger charge is -2.17. The number of nitrogens with one attached hydrogen (secondary N) is 1. The molecular weight excluding hydrogens is 202 g/mol. The van der Waals surface area contributed by atoms with Crippen molar-refractivity contribution in [3.05, 3.63) is 29.8 Å². The fourth-order valence-corrected chi connectivity index (χ4v) is 1.78. The Kier molecular flexibility index (Phi) is 3.80. The zero-order valence-corrected chi connectivity index (χ0v) is 9.65. The Labute approximate surface area is 96.4 Å². The van der Waals surface area contributed by atoms with E-state index in [-0.39, 0.29) is 12.6 Å². The smallest absolute Gasteiger partial charge is 0.119 e. The van der Waals surface area contributed by atoms with E-state index < -0.39 is 0 Å². The van der Waals surface area contributed by atoms with Crippen LogP contribution in [0.1, 0.15) is 24.4 Å². The Morgan fingerprint density at radius 1 is 1.50 bits per heavy atom. The van der Waals surface area contributed by atoms with Crippen molar-refractivity contribution in [2.75, 3.05) is 20.3 Å². The summed E-state index contributed by atoms with van der Waals surface area (Å²) in [7, 11) is 1.66. The highest BCUT2D eigenvalue weighted by Crippen LogP contribution is 2.28. The number of methoxy groups -OCH3 is 1. The lowest BCUT2D eigenvalue weighted by atomic mass is 10.1. The third-order valence-corrected chi connectivity index (χ3v) is 3.03. The lowest BCUT2D eigenvalue weighted by Crippen LogP contribution is -2.26. The summed E-state index contributed by atoms with van der Waals surface area (Å²) in [5, 5.41) is 12.8. The van der Waals surface area contributed by atoms with E-state index >= 15 is 0 Å². The summed E-state index contributed by atoms with van der Waals surface area (Å²) in [6, 6.07) is 7.88. The van der Waals surface area contributed by atoms with Crippen molar-refractivity contribution in [3.8, 4) is 5.75 Å². The first-order valence-corrected chi connectivity index (χ1v) is 5.81.